The van der Waals surface area contributed by atoms with Crippen LogP contribution in [0.1, 0.15) is 0 Å². The van der Waals surface area contributed by atoms with Crippen molar-refractivity contribution in [1.29, 1.82) is 0 Å². The highest BCUT2D eigenvalue weighted by atomic mass is 17.0. The van der Waals surface area contributed by atoms with Gasteiger partial charge in [0.05, 0.1) is 0 Å². The van der Waals surface area contributed by atoms with Crippen molar-refractivity contribution in [1.82, 2.24) is 5.23 Å². The van der Waals surface area contributed by atoms with Gasteiger partial charge in [0.15, 0.2) is 0 Å². The Morgan fingerprint density at radius 3 is 2.00 bits per heavy atom. The molecule has 0 spiro atoms. The van der Waals surface area contributed by atoms with E-state index in [0.717, 1.165) is 12.2 Å². The third-order valence-electron chi connectivity index (χ3n) is 0.881. The Morgan fingerprint density at radius 1 is 1.25 bits per heavy atom. The van der Waals surface area contributed by atoms with Crippen molar-refractivity contribution in [3.63, 3.8) is 0 Å². The molecule has 1 rings (SSSR count). The Labute approximate surface area is 66.2 Å². The molecule has 0 aromatic carbocycles. The molecule has 12 heavy (non-hydrogen) atoms. The average Bonchev–Trinajstić information content (AvgIpc) is 2.13. The fraction of sp³-hybridized carbons (Fsp3) is 0. The lowest BCUT2D eigenvalue weighted by molar-refractivity contribution is -0.281. The minimum atomic E-state index is -1.19. The molecular weight excluding hydrogens is 168 g/mol. The third kappa shape index (κ3) is 1.72. The first-order valence-electron chi connectivity index (χ1n) is 2.81. The van der Waals surface area contributed by atoms with Crippen molar-refractivity contribution in [2.75, 3.05) is 0 Å². The first-order chi connectivity index (χ1) is 5.59. The quantitative estimate of drug-likeness (QED) is 0.497. The first kappa shape index (κ1) is 8.05. The summed E-state index contributed by atoms with van der Waals surface area (Å²) in [7, 11) is 0. The topological polar surface area (TPSA) is 98.9 Å². The van der Waals surface area contributed by atoms with Crippen LogP contribution in [0.3, 0.4) is 0 Å². The predicted molar refractivity (Wildman–Crippen MR) is 32.7 cm³/mol. The lowest BCUT2D eigenvalue weighted by Gasteiger charge is -2.12. The van der Waals surface area contributed by atoms with Gasteiger partial charge in [-0.2, -0.15) is 0 Å². The van der Waals surface area contributed by atoms with E-state index in [1.54, 1.807) is 0 Å². The van der Waals surface area contributed by atoms with Gasteiger partial charge in [0.2, 0.25) is 0 Å². The van der Waals surface area contributed by atoms with Crippen molar-refractivity contribution in [2.24, 2.45) is 5.73 Å². The van der Waals surface area contributed by atoms with Gasteiger partial charge in [-0.3, -0.25) is 9.68 Å². The molecule has 0 fully saturated rings. The Kier molecular flexibility index (Phi) is 1.95. The van der Waals surface area contributed by atoms with E-state index in [1.807, 2.05) is 0 Å². The Bertz CT molecular complexity index is 251. The second-order valence-corrected chi connectivity index (χ2v) is 1.75. The highest BCUT2D eigenvalue weighted by Gasteiger charge is 2.22. The SMILES string of the molecule is NC(=O)N1OC(=O)C=CC(=O)O1. The maximum absolute atomic E-state index is 10.6. The van der Waals surface area contributed by atoms with Crippen LogP contribution in [0.4, 0.5) is 4.79 Å². The summed E-state index contributed by atoms with van der Waals surface area (Å²) >= 11 is 0. The number of hydrogen-bond acceptors (Lipinski definition) is 5. The van der Waals surface area contributed by atoms with Crippen molar-refractivity contribution in [3.05, 3.63) is 12.2 Å². The third-order valence-corrected chi connectivity index (χ3v) is 0.881. The van der Waals surface area contributed by atoms with E-state index in [0.29, 0.717) is 0 Å². The summed E-state index contributed by atoms with van der Waals surface area (Å²) in [6.45, 7) is 0. The van der Waals surface area contributed by atoms with Crippen molar-refractivity contribution in [3.8, 4) is 0 Å². The van der Waals surface area contributed by atoms with Crippen molar-refractivity contribution in [2.45, 2.75) is 0 Å². The van der Waals surface area contributed by atoms with Crippen LogP contribution in [0.15, 0.2) is 12.2 Å². The number of hydrogen-bond donors (Lipinski definition) is 1. The lowest BCUT2D eigenvalue weighted by atomic mass is 10.5. The van der Waals surface area contributed by atoms with Gasteiger partial charge in [0.25, 0.3) is 0 Å². The van der Waals surface area contributed by atoms with Gasteiger partial charge in [0.1, 0.15) is 0 Å². The number of rotatable bonds is 0. The first-order valence-corrected chi connectivity index (χ1v) is 2.81. The molecule has 1 aliphatic rings. The summed E-state index contributed by atoms with van der Waals surface area (Å²) in [5.74, 6) is -1.83. The van der Waals surface area contributed by atoms with E-state index in [-0.39, 0.29) is 5.23 Å². The molecule has 7 nitrogen and oxygen atoms in total. The van der Waals surface area contributed by atoms with Crippen LogP contribution in [0.5, 0.6) is 0 Å². The van der Waals surface area contributed by atoms with Crippen LogP contribution in [0, 0.1) is 0 Å². The normalized spacial score (nSPS) is 16.5. The van der Waals surface area contributed by atoms with Crippen molar-refractivity contribution < 1.29 is 24.1 Å². The van der Waals surface area contributed by atoms with E-state index in [1.165, 1.54) is 0 Å². The van der Waals surface area contributed by atoms with E-state index >= 15 is 0 Å². The van der Waals surface area contributed by atoms with E-state index < -0.39 is 18.0 Å². The smallest absolute Gasteiger partial charge is 0.346 e. The molecule has 64 valence electrons. The van der Waals surface area contributed by atoms with E-state index in [2.05, 4.69) is 15.4 Å². The van der Waals surface area contributed by atoms with Gasteiger partial charge >= 0.3 is 18.0 Å². The zero-order valence-corrected chi connectivity index (χ0v) is 5.72. The number of nitrogens with two attached hydrogens (primary N) is 1. The number of hydroxylamine groups is 2. The van der Waals surface area contributed by atoms with Crippen LogP contribution in [0.2, 0.25) is 0 Å². The van der Waals surface area contributed by atoms with Crippen LogP contribution in [-0.4, -0.2) is 23.2 Å². The molecule has 0 aliphatic carbocycles. The second kappa shape index (κ2) is 2.91. The number of carbonyl (C=O) groups excluding carboxylic acids is 3. The molecular formula is C5H4N2O5. The maximum Gasteiger partial charge on any atom is 0.386 e. The van der Waals surface area contributed by atoms with Crippen LogP contribution < -0.4 is 5.73 Å². The largest absolute Gasteiger partial charge is 0.386 e. The zero-order chi connectivity index (χ0) is 9.14. The monoisotopic (exact) mass is 172 g/mol. The van der Waals surface area contributed by atoms with E-state index in [4.69, 9.17) is 0 Å². The number of primary amides is 1. The van der Waals surface area contributed by atoms with Gasteiger partial charge < -0.3 is 5.73 Å². The lowest BCUT2D eigenvalue weighted by Crippen LogP contribution is -2.37. The van der Waals surface area contributed by atoms with Crippen LogP contribution in [0.25, 0.3) is 0 Å². The summed E-state index contributed by atoms with van der Waals surface area (Å²) in [5.41, 5.74) is 4.67. The molecule has 1 aliphatic heterocycles. The highest BCUT2D eigenvalue weighted by Crippen LogP contribution is 2.00. The molecule has 0 atom stereocenters. The minimum Gasteiger partial charge on any atom is -0.346 e. The zero-order valence-electron chi connectivity index (χ0n) is 5.72. The van der Waals surface area contributed by atoms with Gasteiger partial charge in [-0.05, 0) is 0 Å². The summed E-state index contributed by atoms with van der Waals surface area (Å²) in [4.78, 5) is 39.7. The Hall–Kier alpha value is -2.05. The summed E-state index contributed by atoms with van der Waals surface area (Å²) in [6, 6.07) is -1.19. The number of amides is 2. The number of nitrogens with zero attached hydrogens (tertiary/aromatic N) is 1. The number of carbonyl (C=O) groups is 3. The summed E-state index contributed by atoms with van der Waals surface area (Å²) < 4.78 is 0. The standard InChI is InChI=1S/C5H4N2O5/c6-5(10)7-11-3(8)1-2-4(9)12-7/h1-2H,(H2,6,10). The molecule has 2 N–H and O–H groups in total. The molecule has 2 amide bonds. The van der Waals surface area contributed by atoms with Crippen molar-refractivity contribution >= 4 is 18.0 Å². The van der Waals surface area contributed by atoms with Gasteiger partial charge in [-0.1, -0.05) is 0 Å². The molecule has 0 saturated heterocycles. The average molecular weight is 172 g/mol. The fourth-order valence-corrected chi connectivity index (χ4v) is 0.469. The molecule has 0 unspecified atom stereocenters. The molecule has 0 radical (unpaired) electrons. The van der Waals surface area contributed by atoms with Gasteiger partial charge in [0, 0.05) is 17.4 Å². The molecule has 0 aromatic heterocycles. The summed E-state index contributed by atoms with van der Waals surface area (Å²) in [6.07, 6.45) is 1.62. The Morgan fingerprint density at radius 2 is 1.67 bits per heavy atom. The fourth-order valence-electron chi connectivity index (χ4n) is 0.469. The predicted octanol–water partition coefficient (Wildman–Crippen LogP) is -1.15. The molecule has 0 aromatic rings. The van der Waals surface area contributed by atoms with Gasteiger partial charge in [-0.25, -0.2) is 14.4 Å². The van der Waals surface area contributed by atoms with Crippen LogP contribution in [-0.2, 0) is 19.3 Å². The highest BCUT2D eigenvalue weighted by molar-refractivity contribution is 5.93. The second-order valence-electron chi connectivity index (χ2n) is 1.75. The molecule has 0 saturated carbocycles. The Balaban J connectivity index is 2.77. The van der Waals surface area contributed by atoms with Crippen LogP contribution >= 0.6 is 0 Å². The van der Waals surface area contributed by atoms with E-state index in [9.17, 15) is 14.4 Å². The minimum absolute atomic E-state index is 0.00463. The summed E-state index contributed by atoms with van der Waals surface area (Å²) in [5, 5.41) is 0.00463. The number of urea groups is 1. The molecule has 7 heteroatoms. The molecule has 0 bridgehead atoms. The maximum atomic E-state index is 10.6. The van der Waals surface area contributed by atoms with Gasteiger partial charge in [-0.15, -0.1) is 0 Å². The molecule has 1 heterocycles.